The van der Waals surface area contributed by atoms with Crippen LogP contribution >= 0.6 is 11.3 Å². The Kier molecular flexibility index (Phi) is 4.25. The van der Waals surface area contributed by atoms with Gasteiger partial charge in [-0.1, -0.05) is 19.1 Å². The van der Waals surface area contributed by atoms with Crippen molar-refractivity contribution in [1.82, 2.24) is 5.43 Å². The van der Waals surface area contributed by atoms with E-state index in [4.69, 9.17) is 0 Å². The maximum Gasteiger partial charge on any atom is 0.265 e. The van der Waals surface area contributed by atoms with Gasteiger partial charge in [-0.25, -0.2) is 5.43 Å². The summed E-state index contributed by atoms with van der Waals surface area (Å²) in [5.74, 6) is -0.0823. The van der Waals surface area contributed by atoms with Gasteiger partial charge in [0.1, 0.15) is 0 Å². The summed E-state index contributed by atoms with van der Waals surface area (Å²) in [6.45, 7) is 3.95. The number of aryl methyl sites for hydroxylation is 1. The van der Waals surface area contributed by atoms with Crippen molar-refractivity contribution in [2.24, 2.45) is 11.0 Å². The minimum atomic E-state index is -0.105. The highest BCUT2D eigenvalue weighted by atomic mass is 32.1. The number of amides is 2. The molecule has 2 aromatic rings. The van der Waals surface area contributed by atoms with E-state index in [1.807, 2.05) is 50.2 Å². The lowest BCUT2D eigenvalue weighted by atomic mass is 9.94. The first-order valence-electron chi connectivity index (χ1n) is 7.37. The zero-order valence-corrected chi connectivity index (χ0v) is 13.7. The van der Waals surface area contributed by atoms with Crippen LogP contribution in [0.2, 0.25) is 0 Å². The minimum absolute atomic E-state index is 0.0589. The number of hydrazone groups is 1. The van der Waals surface area contributed by atoms with Crippen LogP contribution in [0.25, 0.3) is 0 Å². The van der Waals surface area contributed by atoms with Gasteiger partial charge >= 0.3 is 0 Å². The zero-order chi connectivity index (χ0) is 16.4. The third kappa shape index (κ3) is 3.48. The molecule has 2 amide bonds. The zero-order valence-electron chi connectivity index (χ0n) is 12.9. The van der Waals surface area contributed by atoms with Crippen molar-refractivity contribution in [1.29, 1.82) is 0 Å². The van der Waals surface area contributed by atoms with E-state index in [2.05, 4.69) is 15.8 Å². The monoisotopic (exact) mass is 327 g/mol. The highest BCUT2D eigenvalue weighted by Gasteiger charge is 2.21. The van der Waals surface area contributed by atoms with E-state index in [9.17, 15) is 9.59 Å². The molecule has 3 rings (SSSR count). The first-order chi connectivity index (χ1) is 11.0. The van der Waals surface area contributed by atoms with Crippen molar-refractivity contribution < 1.29 is 9.59 Å². The number of anilines is 1. The molecular formula is C17H17N3O2S. The average molecular weight is 327 g/mol. The lowest BCUT2D eigenvalue weighted by molar-refractivity contribution is -0.121. The second-order valence-electron chi connectivity index (χ2n) is 5.58. The fourth-order valence-electron chi connectivity index (χ4n) is 2.48. The molecule has 1 unspecified atom stereocenters. The summed E-state index contributed by atoms with van der Waals surface area (Å²) >= 11 is 1.47. The van der Waals surface area contributed by atoms with Crippen molar-refractivity contribution in [2.45, 2.75) is 20.3 Å². The summed E-state index contributed by atoms with van der Waals surface area (Å²) in [6, 6.07) is 11.3. The molecule has 0 saturated heterocycles. The predicted molar refractivity (Wildman–Crippen MR) is 91.9 cm³/mol. The fourth-order valence-corrected chi connectivity index (χ4v) is 3.24. The van der Waals surface area contributed by atoms with Crippen LogP contribution in [0, 0.1) is 12.8 Å². The second-order valence-corrected chi connectivity index (χ2v) is 6.87. The molecule has 0 fully saturated rings. The van der Waals surface area contributed by atoms with E-state index in [0.717, 1.165) is 21.8 Å². The number of thiophene rings is 1. The highest BCUT2D eigenvalue weighted by molar-refractivity contribution is 7.14. The van der Waals surface area contributed by atoms with Gasteiger partial charge in [-0.3, -0.25) is 9.59 Å². The van der Waals surface area contributed by atoms with Gasteiger partial charge in [0, 0.05) is 22.9 Å². The molecule has 1 aromatic carbocycles. The van der Waals surface area contributed by atoms with Crippen LogP contribution in [-0.2, 0) is 4.79 Å². The van der Waals surface area contributed by atoms with Crippen LogP contribution in [0.15, 0.2) is 41.5 Å². The van der Waals surface area contributed by atoms with Crippen LogP contribution in [-0.4, -0.2) is 17.5 Å². The van der Waals surface area contributed by atoms with Crippen LogP contribution in [0.4, 0.5) is 5.69 Å². The lowest BCUT2D eigenvalue weighted by Gasteiger charge is -2.19. The van der Waals surface area contributed by atoms with Gasteiger partial charge in [0.15, 0.2) is 0 Å². The maximum atomic E-state index is 12.1. The van der Waals surface area contributed by atoms with Gasteiger partial charge < -0.3 is 5.32 Å². The third-order valence-electron chi connectivity index (χ3n) is 3.66. The summed E-state index contributed by atoms with van der Waals surface area (Å²) in [4.78, 5) is 25.2. The molecular weight excluding hydrogens is 310 g/mol. The Balaban J connectivity index is 1.72. The van der Waals surface area contributed by atoms with Crippen LogP contribution in [0.3, 0.4) is 0 Å². The molecule has 6 heteroatoms. The Labute approximate surface area is 138 Å². The molecule has 0 spiro atoms. The number of carbonyl (C=O) groups is 2. The Morgan fingerprint density at radius 3 is 2.61 bits per heavy atom. The topological polar surface area (TPSA) is 70.6 Å². The molecule has 2 heterocycles. The van der Waals surface area contributed by atoms with Gasteiger partial charge in [0.05, 0.1) is 10.6 Å². The second kappa shape index (κ2) is 6.34. The Bertz CT molecular complexity index is 777. The van der Waals surface area contributed by atoms with Crippen LogP contribution in [0.1, 0.15) is 33.5 Å². The van der Waals surface area contributed by atoms with Crippen molar-refractivity contribution in [3.8, 4) is 0 Å². The van der Waals surface area contributed by atoms with Gasteiger partial charge in [0.2, 0.25) is 5.91 Å². The van der Waals surface area contributed by atoms with E-state index in [-0.39, 0.29) is 17.7 Å². The molecule has 1 aliphatic rings. The maximum absolute atomic E-state index is 12.1. The largest absolute Gasteiger partial charge is 0.321 e. The quantitative estimate of drug-likeness (QED) is 0.909. The number of hydrogen-bond acceptors (Lipinski definition) is 4. The lowest BCUT2D eigenvalue weighted by Crippen LogP contribution is -2.31. The van der Waals surface area contributed by atoms with Crippen molar-refractivity contribution in [3.63, 3.8) is 0 Å². The van der Waals surface area contributed by atoms with E-state index in [1.54, 1.807) is 0 Å². The van der Waals surface area contributed by atoms with Crippen LogP contribution < -0.4 is 10.7 Å². The Morgan fingerprint density at radius 2 is 2.00 bits per heavy atom. The predicted octanol–water partition coefficient (Wildman–Crippen LogP) is 3.17. The van der Waals surface area contributed by atoms with Gasteiger partial charge in [-0.2, -0.15) is 5.10 Å². The van der Waals surface area contributed by atoms with Gasteiger partial charge in [-0.15, -0.1) is 11.3 Å². The molecule has 0 aliphatic carbocycles. The molecule has 5 nitrogen and oxygen atoms in total. The summed E-state index contributed by atoms with van der Waals surface area (Å²) in [5.41, 5.74) is 5.05. The molecule has 2 N–H and O–H groups in total. The van der Waals surface area contributed by atoms with E-state index < -0.39 is 0 Å². The normalized spacial score (nSPS) is 17.4. The number of rotatable bonds is 3. The van der Waals surface area contributed by atoms with Gasteiger partial charge in [-0.05, 0) is 36.8 Å². The smallest absolute Gasteiger partial charge is 0.265 e. The molecule has 0 bridgehead atoms. The average Bonchev–Trinajstić information content (AvgIpc) is 2.95. The number of nitrogens with zero attached hydrogens (tertiary/aromatic N) is 1. The molecule has 1 atom stereocenters. The van der Waals surface area contributed by atoms with E-state index in [1.165, 1.54) is 11.3 Å². The number of nitrogens with one attached hydrogen (secondary N) is 2. The molecule has 1 aliphatic heterocycles. The number of hydrogen-bond donors (Lipinski definition) is 2. The van der Waals surface area contributed by atoms with Gasteiger partial charge in [0.25, 0.3) is 5.91 Å². The Hall–Kier alpha value is -2.47. The standard InChI is InChI=1S/C17H17N3O2S/c1-10-9-15(21)19-20-16(10)12-4-6-13(7-5-12)18-17(22)14-8-3-11(2)23-14/h3-8,10H,9H2,1-2H3,(H,18,22)(H,19,21). The van der Waals surface area contributed by atoms with Crippen molar-refractivity contribution in [3.05, 3.63) is 51.7 Å². The summed E-state index contributed by atoms with van der Waals surface area (Å²) < 4.78 is 0. The first kappa shape index (κ1) is 15.4. The number of carbonyl (C=O) groups excluding carboxylic acids is 2. The molecule has 1 aromatic heterocycles. The SMILES string of the molecule is Cc1ccc(C(=O)Nc2ccc(C3=NNC(=O)CC3C)cc2)s1. The van der Waals surface area contributed by atoms with Crippen molar-refractivity contribution in [2.75, 3.05) is 5.32 Å². The summed E-state index contributed by atoms with van der Waals surface area (Å²) in [6.07, 6.45) is 0.440. The molecule has 0 saturated carbocycles. The summed E-state index contributed by atoms with van der Waals surface area (Å²) in [7, 11) is 0. The molecule has 118 valence electrons. The number of benzene rings is 1. The summed E-state index contributed by atoms with van der Waals surface area (Å²) in [5, 5.41) is 7.02. The molecule has 23 heavy (non-hydrogen) atoms. The third-order valence-corrected chi connectivity index (χ3v) is 4.66. The van der Waals surface area contributed by atoms with Crippen molar-refractivity contribution >= 4 is 34.6 Å². The highest BCUT2D eigenvalue weighted by Crippen LogP contribution is 2.20. The van der Waals surface area contributed by atoms with E-state index in [0.29, 0.717) is 11.3 Å². The fraction of sp³-hybridized carbons (Fsp3) is 0.235. The van der Waals surface area contributed by atoms with E-state index >= 15 is 0 Å². The molecule has 0 radical (unpaired) electrons. The Morgan fingerprint density at radius 1 is 1.26 bits per heavy atom. The van der Waals surface area contributed by atoms with Crippen LogP contribution in [0.5, 0.6) is 0 Å². The minimum Gasteiger partial charge on any atom is -0.321 e. The first-order valence-corrected chi connectivity index (χ1v) is 8.19.